The van der Waals surface area contributed by atoms with E-state index in [1.54, 1.807) is 0 Å². The maximum Gasteiger partial charge on any atom is 0.227 e. The molecule has 1 aromatic rings. The second-order valence-electron chi connectivity index (χ2n) is 2.39. The molecule has 68 valence electrons. The van der Waals surface area contributed by atoms with Crippen molar-refractivity contribution in [2.24, 2.45) is 0 Å². The van der Waals surface area contributed by atoms with Crippen LogP contribution in [0.2, 0.25) is 0 Å². The summed E-state index contributed by atoms with van der Waals surface area (Å²) < 4.78 is 13.0. The van der Waals surface area contributed by atoms with Crippen molar-refractivity contribution in [3.8, 4) is 0 Å². The zero-order valence-electron chi connectivity index (χ0n) is 7.00. The number of hydrogen-bond acceptors (Lipinski definition) is 3. The minimum Gasteiger partial charge on any atom is -0.385 e. The zero-order valence-corrected chi connectivity index (χ0v) is 7.00. The van der Waals surface area contributed by atoms with Gasteiger partial charge in [0.05, 0.1) is 11.3 Å². The Morgan fingerprint density at radius 3 is 2.77 bits per heavy atom. The number of ketones is 1. The molecule has 0 radical (unpaired) electrons. The molecule has 0 aliphatic heterocycles. The molecule has 1 rings (SSSR count). The number of Topliss-reactive ketones (excluding diaryl/α,β-unsaturated/α-hetero) is 1. The van der Waals surface area contributed by atoms with Crippen molar-refractivity contribution in [2.75, 3.05) is 12.4 Å². The molecule has 0 saturated carbocycles. The van der Waals surface area contributed by atoms with Gasteiger partial charge < -0.3 is 5.32 Å². The molecule has 0 fully saturated rings. The molecule has 0 bridgehead atoms. The second kappa shape index (κ2) is 3.80. The molecule has 0 aliphatic carbocycles. The lowest BCUT2D eigenvalue weighted by atomic mass is 10.1. The average Bonchev–Trinajstić information content (AvgIpc) is 2.16. The Hall–Kier alpha value is -1.71. The lowest BCUT2D eigenvalue weighted by Crippen LogP contribution is -2.06. The number of aldehydes is 1. The van der Waals surface area contributed by atoms with E-state index in [0.29, 0.717) is 0 Å². The number of halogens is 1. The van der Waals surface area contributed by atoms with E-state index < -0.39 is 11.6 Å². The van der Waals surface area contributed by atoms with Gasteiger partial charge in [-0.2, -0.15) is 0 Å². The van der Waals surface area contributed by atoms with Crippen LogP contribution in [0.1, 0.15) is 10.4 Å². The third-order valence-corrected chi connectivity index (χ3v) is 1.64. The molecule has 0 aliphatic rings. The Morgan fingerprint density at radius 2 is 2.23 bits per heavy atom. The number of carbonyl (C=O) groups excluding carboxylic acids is 2. The molecule has 0 unspecified atom stereocenters. The highest BCUT2D eigenvalue weighted by atomic mass is 19.1. The summed E-state index contributed by atoms with van der Waals surface area (Å²) in [4.78, 5) is 21.2. The van der Waals surface area contributed by atoms with E-state index in [9.17, 15) is 14.0 Å². The van der Waals surface area contributed by atoms with E-state index >= 15 is 0 Å². The van der Waals surface area contributed by atoms with Crippen molar-refractivity contribution in [2.45, 2.75) is 0 Å². The summed E-state index contributed by atoms with van der Waals surface area (Å²) in [7, 11) is 1.49. The maximum atomic E-state index is 13.0. The molecular weight excluding hydrogens is 173 g/mol. The third-order valence-electron chi connectivity index (χ3n) is 1.64. The van der Waals surface area contributed by atoms with E-state index in [4.69, 9.17) is 0 Å². The maximum absolute atomic E-state index is 13.0. The Labute approximate surface area is 74.6 Å². The molecule has 3 nitrogen and oxygen atoms in total. The fourth-order valence-electron chi connectivity index (χ4n) is 1.05. The highest BCUT2D eigenvalue weighted by molar-refractivity contribution is 6.34. The SMILES string of the molecule is CNc1c(F)cccc1C(=O)C=O. The summed E-state index contributed by atoms with van der Waals surface area (Å²) >= 11 is 0. The first-order chi connectivity index (χ1) is 6.20. The minimum absolute atomic E-state index is 0.0532. The average molecular weight is 181 g/mol. The molecule has 0 atom stereocenters. The normalized spacial score (nSPS) is 9.38. The predicted octanol–water partition coefficient (Wildman–Crippen LogP) is 1.25. The van der Waals surface area contributed by atoms with E-state index in [1.165, 1.54) is 25.2 Å². The molecule has 0 saturated heterocycles. The molecule has 0 spiro atoms. The first-order valence-electron chi connectivity index (χ1n) is 3.66. The monoisotopic (exact) mass is 181 g/mol. The Kier molecular flexibility index (Phi) is 2.74. The first kappa shape index (κ1) is 9.38. The van der Waals surface area contributed by atoms with Crippen LogP contribution in [0.3, 0.4) is 0 Å². The summed E-state index contributed by atoms with van der Waals surface area (Å²) in [5, 5.41) is 2.52. The number of benzene rings is 1. The number of anilines is 1. The van der Waals surface area contributed by atoms with Crippen molar-refractivity contribution in [3.63, 3.8) is 0 Å². The van der Waals surface area contributed by atoms with Crippen molar-refractivity contribution in [1.29, 1.82) is 0 Å². The number of nitrogens with one attached hydrogen (secondary N) is 1. The van der Waals surface area contributed by atoms with Gasteiger partial charge in [0, 0.05) is 7.05 Å². The highest BCUT2D eigenvalue weighted by Crippen LogP contribution is 2.18. The van der Waals surface area contributed by atoms with Gasteiger partial charge in [-0.05, 0) is 12.1 Å². The largest absolute Gasteiger partial charge is 0.385 e. The Bertz CT molecular complexity index is 349. The second-order valence-corrected chi connectivity index (χ2v) is 2.39. The van der Waals surface area contributed by atoms with E-state index in [2.05, 4.69) is 5.32 Å². The molecule has 13 heavy (non-hydrogen) atoms. The summed E-state index contributed by atoms with van der Waals surface area (Å²) in [5.74, 6) is -1.28. The van der Waals surface area contributed by atoms with Crippen LogP contribution in [0.5, 0.6) is 0 Å². The van der Waals surface area contributed by atoms with Crippen molar-refractivity contribution in [1.82, 2.24) is 0 Å². The van der Waals surface area contributed by atoms with Crippen molar-refractivity contribution >= 4 is 17.8 Å². The number of rotatable bonds is 3. The van der Waals surface area contributed by atoms with Gasteiger partial charge in [-0.1, -0.05) is 6.07 Å². The number of para-hydroxylation sites is 1. The zero-order chi connectivity index (χ0) is 9.84. The Morgan fingerprint density at radius 1 is 1.54 bits per heavy atom. The van der Waals surface area contributed by atoms with Crippen LogP contribution < -0.4 is 5.32 Å². The van der Waals surface area contributed by atoms with Gasteiger partial charge in [0.2, 0.25) is 5.78 Å². The van der Waals surface area contributed by atoms with Crippen LogP contribution in [0, 0.1) is 5.82 Å². The van der Waals surface area contributed by atoms with E-state index in [-0.39, 0.29) is 17.5 Å². The van der Waals surface area contributed by atoms with Crippen LogP contribution >= 0.6 is 0 Å². The van der Waals surface area contributed by atoms with Gasteiger partial charge in [0.15, 0.2) is 6.29 Å². The number of carbonyl (C=O) groups is 2. The van der Waals surface area contributed by atoms with Gasteiger partial charge in [-0.3, -0.25) is 9.59 Å². The fourth-order valence-corrected chi connectivity index (χ4v) is 1.05. The predicted molar refractivity (Wildman–Crippen MR) is 46.3 cm³/mol. The van der Waals surface area contributed by atoms with Crippen molar-refractivity contribution in [3.05, 3.63) is 29.6 Å². The van der Waals surface area contributed by atoms with Crippen LogP contribution in [0.4, 0.5) is 10.1 Å². The molecule has 4 heteroatoms. The van der Waals surface area contributed by atoms with Gasteiger partial charge in [0.1, 0.15) is 5.82 Å². The Balaban J connectivity index is 3.27. The molecule has 0 amide bonds. The summed E-state index contributed by atoms with van der Waals surface area (Å²) in [6.45, 7) is 0. The van der Waals surface area contributed by atoms with Gasteiger partial charge in [-0.15, -0.1) is 0 Å². The lowest BCUT2D eigenvalue weighted by molar-refractivity contribution is -0.104. The van der Waals surface area contributed by atoms with E-state index in [1.807, 2.05) is 0 Å². The molecule has 0 aromatic heterocycles. The summed E-state index contributed by atoms with van der Waals surface area (Å²) in [6.07, 6.45) is 0.162. The third kappa shape index (κ3) is 1.72. The number of hydrogen-bond donors (Lipinski definition) is 1. The molecular formula is C9H8FNO2. The molecule has 1 N–H and O–H groups in total. The standard InChI is InChI=1S/C9H8FNO2/c1-11-9-6(8(13)5-12)3-2-4-7(9)10/h2-5,11H,1H3. The minimum atomic E-state index is -0.733. The smallest absolute Gasteiger partial charge is 0.227 e. The molecule has 0 heterocycles. The van der Waals surface area contributed by atoms with Crippen molar-refractivity contribution < 1.29 is 14.0 Å². The first-order valence-corrected chi connectivity index (χ1v) is 3.66. The topological polar surface area (TPSA) is 46.2 Å². The quantitative estimate of drug-likeness (QED) is 0.433. The fraction of sp³-hybridized carbons (Fsp3) is 0.111. The van der Waals surface area contributed by atoms with Gasteiger partial charge in [-0.25, -0.2) is 4.39 Å². The van der Waals surface area contributed by atoms with Gasteiger partial charge in [0.25, 0.3) is 0 Å². The van der Waals surface area contributed by atoms with Crippen LogP contribution in [-0.4, -0.2) is 19.1 Å². The lowest BCUT2D eigenvalue weighted by Gasteiger charge is -2.05. The van der Waals surface area contributed by atoms with Gasteiger partial charge >= 0.3 is 0 Å². The highest BCUT2D eigenvalue weighted by Gasteiger charge is 2.12. The van der Waals surface area contributed by atoms with Crippen LogP contribution in [0.25, 0.3) is 0 Å². The van der Waals surface area contributed by atoms with Crippen LogP contribution in [-0.2, 0) is 4.79 Å². The summed E-state index contributed by atoms with van der Waals surface area (Å²) in [5.41, 5.74) is 0.108. The van der Waals surface area contributed by atoms with E-state index in [0.717, 1.165) is 0 Å². The summed E-state index contributed by atoms with van der Waals surface area (Å²) in [6, 6.07) is 3.99. The molecule has 1 aromatic carbocycles. The van der Waals surface area contributed by atoms with Crippen LogP contribution in [0.15, 0.2) is 18.2 Å².